The minimum absolute atomic E-state index is 0.157. The van der Waals surface area contributed by atoms with E-state index in [-0.39, 0.29) is 5.56 Å². The van der Waals surface area contributed by atoms with Crippen molar-refractivity contribution in [3.05, 3.63) is 63.9 Å². The molecule has 0 spiro atoms. The van der Waals surface area contributed by atoms with E-state index in [1.54, 1.807) is 24.3 Å². The van der Waals surface area contributed by atoms with Gasteiger partial charge in [-0.15, -0.1) is 0 Å². The Labute approximate surface area is 130 Å². The van der Waals surface area contributed by atoms with Crippen LogP contribution in [0.3, 0.4) is 0 Å². The Bertz CT molecular complexity index is 687. The van der Waals surface area contributed by atoms with Gasteiger partial charge in [-0.1, -0.05) is 28.1 Å². The van der Waals surface area contributed by atoms with Crippen molar-refractivity contribution in [2.24, 2.45) is 0 Å². The van der Waals surface area contributed by atoms with Crippen molar-refractivity contribution >= 4 is 21.7 Å². The van der Waals surface area contributed by atoms with E-state index in [0.717, 1.165) is 6.07 Å². The van der Waals surface area contributed by atoms with Gasteiger partial charge in [0.15, 0.2) is 5.78 Å². The van der Waals surface area contributed by atoms with Crippen molar-refractivity contribution in [3.8, 4) is 11.8 Å². The molecule has 0 N–H and O–H groups in total. The smallest absolute Gasteiger partial charge is 0.184 e. The molecule has 0 heterocycles. The van der Waals surface area contributed by atoms with Gasteiger partial charge in [-0.2, -0.15) is 5.26 Å². The number of nitrogens with zero attached hydrogens (tertiary/aromatic N) is 1. The first-order chi connectivity index (χ1) is 10.0. The lowest BCUT2D eigenvalue weighted by Crippen LogP contribution is -2.11. The molecule has 0 saturated carbocycles. The predicted octanol–water partition coefficient (Wildman–Crippen LogP) is 4.09. The second kappa shape index (κ2) is 6.51. The molecule has 3 nitrogen and oxygen atoms in total. The van der Waals surface area contributed by atoms with Crippen LogP contribution >= 0.6 is 15.9 Å². The van der Waals surface area contributed by atoms with Crippen molar-refractivity contribution in [2.75, 3.05) is 7.11 Å². The average Bonchev–Trinajstić information content (AvgIpc) is 2.47. The molecular formula is C16H11BrFNO2. The summed E-state index contributed by atoms with van der Waals surface area (Å²) in [7, 11) is 1.53. The molecule has 2 aromatic carbocycles. The fourth-order valence-electron chi connectivity index (χ4n) is 1.94. The summed E-state index contributed by atoms with van der Waals surface area (Å²) in [4.78, 5) is 12.4. The van der Waals surface area contributed by atoms with Crippen LogP contribution in [0.4, 0.5) is 4.39 Å². The van der Waals surface area contributed by atoms with Crippen molar-refractivity contribution < 1.29 is 13.9 Å². The van der Waals surface area contributed by atoms with E-state index in [1.165, 1.54) is 19.2 Å². The molecule has 0 amide bonds. The van der Waals surface area contributed by atoms with Crippen LogP contribution in [0, 0.1) is 17.1 Å². The first-order valence-electron chi connectivity index (χ1n) is 6.09. The molecular weight excluding hydrogens is 337 g/mol. The van der Waals surface area contributed by atoms with Crippen molar-refractivity contribution in [1.82, 2.24) is 0 Å². The highest BCUT2D eigenvalue weighted by Gasteiger charge is 2.22. The fraction of sp³-hybridized carbons (Fsp3) is 0.125. The maximum atomic E-state index is 13.4. The summed E-state index contributed by atoms with van der Waals surface area (Å²) in [6.45, 7) is 0. The van der Waals surface area contributed by atoms with E-state index in [0.29, 0.717) is 15.8 Å². The van der Waals surface area contributed by atoms with Gasteiger partial charge in [0.1, 0.15) is 17.5 Å². The molecule has 0 fully saturated rings. The number of ketones is 1. The monoisotopic (exact) mass is 347 g/mol. The number of ether oxygens (including phenoxy) is 1. The van der Waals surface area contributed by atoms with Gasteiger partial charge >= 0.3 is 0 Å². The second-order valence-corrected chi connectivity index (χ2v) is 5.27. The molecule has 0 radical (unpaired) electrons. The van der Waals surface area contributed by atoms with Crippen LogP contribution in [0.2, 0.25) is 0 Å². The highest BCUT2D eigenvalue weighted by atomic mass is 79.9. The minimum atomic E-state index is -0.982. The van der Waals surface area contributed by atoms with Gasteiger partial charge in [0, 0.05) is 10.0 Å². The zero-order valence-electron chi connectivity index (χ0n) is 11.1. The fourth-order valence-corrected chi connectivity index (χ4v) is 2.41. The summed E-state index contributed by atoms with van der Waals surface area (Å²) < 4.78 is 18.9. The summed E-state index contributed by atoms with van der Waals surface area (Å²) in [5.41, 5.74) is 0.702. The number of methoxy groups -OCH3 is 1. The number of rotatable bonds is 4. The van der Waals surface area contributed by atoms with E-state index < -0.39 is 17.5 Å². The van der Waals surface area contributed by atoms with Gasteiger partial charge in [0.05, 0.1) is 13.2 Å². The van der Waals surface area contributed by atoms with Crippen LogP contribution in [0.1, 0.15) is 21.8 Å². The summed E-state index contributed by atoms with van der Waals surface area (Å²) in [6.07, 6.45) is 0. The summed E-state index contributed by atoms with van der Waals surface area (Å²) >= 11 is 3.14. The average molecular weight is 348 g/mol. The molecule has 0 bridgehead atoms. The molecule has 21 heavy (non-hydrogen) atoms. The molecule has 2 aromatic rings. The molecule has 106 valence electrons. The van der Waals surface area contributed by atoms with E-state index in [1.807, 2.05) is 6.07 Å². The normalized spacial score (nSPS) is 11.5. The lowest BCUT2D eigenvalue weighted by Gasteiger charge is -2.10. The SMILES string of the molecule is COc1ccc(C(C#N)C(=O)c2cc(F)cc(Br)c2)cc1. The number of hydrogen-bond acceptors (Lipinski definition) is 3. The van der Waals surface area contributed by atoms with Gasteiger partial charge < -0.3 is 4.74 Å². The summed E-state index contributed by atoms with van der Waals surface area (Å²) in [5, 5.41) is 9.27. The largest absolute Gasteiger partial charge is 0.497 e. The highest BCUT2D eigenvalue weighted by molar-refractivity contribution is 9.10. The molecule has 0 saturated heterocycles. The van der Waals surface area contributed by atoms with Gasteiger partial charge in [-0.05, 0) is 35.9 Å². The minimum Gasteiger partial charge on any atom is -0.497 e. The Morgan fingerprint density at radius 3 is 2.48 bits per heavy atom. The predicted molar refractivity (Wildman–Crippen MR) is 79.8 cm³/mol. The first-order valence-corrected chi connectivity index (χ1v) is 6.88. The van der Waals surface area contributed by atoms with Crippen LogP contribution in [0.25, 0.3) is 0 Å². The quantitative estimate of drug-likeness (QED) is 0.782. The van der Waals surface area contributed by atoms with E-state index in [4.69, 9.17) is 4.74 Å². The third-order valence-electron chi connectivity index (χ3n) is 2.99. The Kier molecular flexibility index (Phi) is 4.71. The van der Waals surface area contributed by atoms with E-state index >= 15 is 0 Å². The van der Waals surface area contributed by atoms with Gasteiger partial charge in [-0.25, -0.2) is 4.39 Å². The van der Waals surface area contributed by atoms with Crippen molar-refractivity contribution in [2.45, 2.75) is 5.92 Å². The maximum Gasteiger partial charge on any atom is 0.184 e. The second-order valence-electron chi connectivity index (χ2n) is 4.36. The molecule has 5 heteroatoms. The molecule has 0 aromatic heterocycles. The topological polar surface area (TPSA) is 50.1 Å². The van der Waals surface area contributed by atoms with Crippen LogP contribution in [-0.4, -0.2) is 12.9 Å². The molecule has 0 aliphatic rings. The molecule has 1 unspecified atom stereocenters. The number of carbonyl (C=O) groups excluding carboxylic acids is 1. The van der Waals surface area contributed by atoms with Crippen molar-refractivity contribution in [3.63, 3.8) is 0 Å². The number of nitriles is 1. The van der Waals surface area contributed by atoms with Gasteiger partial charge in [0.25, 0.3) is 0 Å². The zero-order valence-corrected chi connectivity index (χ0v) is 12.7. The first kappa shape index (κ1) is 15.2. The number of benzene rings is 2. The lowest BCUT2D eigenvalue weighted by atomic mass is 9.92. The Morgan fingerprint density at radius 2 is 1.95 bits per heavy atom. The number of halogens is 2. The Balaban J connectivity index is 2.36. The number of carbonyl (C=O) groups is 1. The highest BCUT2D eigenvalue weighted by Crippen LogP contribution is 2.25. The van der Waals surface area contributed by atoms with E-state index in [2.05, 4.69) is 15.9 Å². The van der Waals surface area contributed by atoms with Gasteiger partial charge in [-0.3, -0.25) is 4.79 Å². The Hall–Kier alpha value is -2.19. The third-order valence-corrected chi connectivity index (χ3v) is 3.45. The standard InChI is InChI=1S/C16H11BrFNO2/c1-21-14-4-2-10(3-5-14)15(9-19)16(20)11-6-12(17)8-13(18)7-11/h2-8,15H,1H3. The molecule has 0 aliphatic carbocycles. The maximum absolute atomic E-state index is 13.4. The van der Waals surface area contributed by atoms with Gasteiger partial charge in [0.2, 0.25) is 0 Å². The van der Waals surface area contributed by atoms with Crippen LogP contribution < -0.4 is 4.74 Å². The van der Waals surface area contributed by atoms with Crippen LogP contribution in [0.5, 0.6) is 5.75 Å². The lowest BCUT2D eigenvalue weighted by molar-refractivity contribution is 0.0978. The number of Topliss-reactive ketones (excluding diaryl/α,β-unsaturated/α-hetero) is 1. The van der Waals surface area contributed by atoms with Crippen LogP contribution in [0.15, 0.2) is 46.9 Å². The summed E-state index contributed by atoms with van der Waals surface area (Å²) in [5.74, 6) is -1.32. The molecule has 1 atom stereocenters. The summed E-state index contributed by atoms with van der Waals surface area (Å²) in [6, 6.07) is 12.5. The third kappa shape index (κ3) is 3.47. The zero-order chi connectivity index (χ0) is 15.4. The van der Waals surface area contributed by atoms with Crippen LogP contribution in [-0.2, 0) is 0 Å². The Morgan fingerprint density at radius 1 is 1.29 bits per heavy atom. The number of hydrogen-bond donors (Lipinski definition) is 0. The van der Waals surface area contributed by atoms with E-state index in [9.17, 15) is 14.4 Å². The van der Waals surface area contributed by atoms with Crippen molar-refractivity contribution in [1.29, 1.82) is 5.26 Å². The molecule has 2 rings (SSSR count). The molecule has 0 aliphatic heterocycles.